The van der Waals surface area contributed by atoms with Crippen molar-refractivity contribution in [3.05, 3.63) is 29.8 Å². The van der Waals surface area contributed by atoms with Crippen molar-refractivity contribution in [2.45, 2.75) is 45.1 Å². The number of halogens is 3. The second-order valence-electron chi connectivity index (χ2n) is 5.34. The van der Waals surface area contributed by atoms with Gasteiger partial charge in [0.1, 0.15) is 5.75 Å². The molecule has 0 aliphatic rings. The summed E-state index contributed by atoms with van der Waals surface area (Å²) in [6.45, 7) is 3.92. The second-order valence-corrected chi connectivity index (χ2v) is 5.34. The van der Waals surface area contributed by atoms with E-state index < -0.39 is 24.9 Å². The summed E-state index contributed by atoms with van der Waals surface area (Å²) in [4.78, 5) is 1.24. The molecule has 6 heteroatoms. The molecular formula is C15H22F3NO2. The smallest absolute Gasteiger partial charge is 0.401 e. The summed E-state index contributed by atoms with van der Waals surface area (Å²) >= 11 is 0. The maximum atomic E-state index is 12.7. The Labute approximate surface area is 123 Å². The number of hydrogen-bond donors (Lipinski definition) is 1. The van der Waals surface area contributed by atoms with Crippen LogP contribution in [0.3, 0.4) is 0 Å². The number of rotatable bonds is 6. The molecule has 2 unspecified atom stereocenters. The summed E-state index contributed by atoms with van der Waals surface area (Å²) in [6.07, 6.45) is -5.29. The van der Waals surface area contributed by atoms with Crippen molar-refractivity contribution < 1.29 is 23.0 Å². The first-order chi connectivity index (χ1) is 9.65. The van der Waals surface area contributed by atoms with E-state index in [1.165, 1.54) is 12.0 Å². The Morgan fingerprint density at radius 3 is 2.05 bits per heavy atom. The summed E-state index contributed by atoms with van der Waals surface area (Å²) < 4.78 is 43.0. The van der Waals surface area contributed by atoms with Crippen LogP contribution < -0.4 is 4.74 Å². The third-order valence-electron chi connectivity index (χ3n) is 3.46. The molecule has 0 fully saturated rings. The van der Waals surface area contributed by atoms with E-state index in [9.17, 15) is 18.3 Å². The van der Waals surface area contributed by atoms with Crippen molar-refractivity contribution in [3.63, 3.8) is 0 Å². The fourth-order valence-corrected chi connectivity index (χ4v) is 2.26. The lowest BCUT2D eigenvalue weighted by Crippen LogP contribution is -2.47. The van der Waals surface area contributed by atoms with Crippen LogP contribution in [0.1, 0.15) is 32.4 Å². The van der Waals surface area contributed by atoms with Gasteiger partial charge >= 0.3 is 6.18 Å². The molecule has 0 saturated heterocycles. The largest absolute Gasteiger partial charge is 0.497 e. The van der Waals surface area contributed by atoms with Crippen LogP contribution in [-0.4, -0.2) is 41.9 Å². The molecule has 1 N–H and O–H groups in total. The number of aliphatic hydroxyl groups excluding tert-OH is 1. The van der Waals surface area contributed by atoms with Gasteiger partial charge in [-0.15, -0.1) is 0 Å². The molecule has 2 atom stereocenters. The maximum Gasteiger partial charge on any atom is 0.401 e. The Morgan fingerprint density at radius 1 is 1.14 bits per heavy atom. The molecule has 0 radical (unpaired) electrons. The van der Waals surface area contributed by atoms with Crippen LogP contribution in [0.2, 0.25) is 0 Å². The lowest BCUT2D eigenvalue weighted by Gasteiger charge is -2.36. The molecule has 0 aromatic heterocycles. The highest BCUT2D eigenvalue weighted by Crippen LogP contribution is 2.27. The zero-order valence-electron chi connectivity index (χ0n) is 12.7. The van der Waals surface area contributed by atoms with Gasteiger partial charge in [-0.2, -0.15) is 13.2 Å². The minimum atomic E-state index is -4.29. The third-order valence-corrected chi connectivity index (χ3v) is 3.46. The van der Waals surface area contributed by atoms with E-state index in [0.717, 1.165) is 0 Å². The molecule has 0 heterocycles. The number of alkyl halides is 3. The highest BCUT2D eigenvalue weighted by Gasteiger charge is 2.36. The predicted molar refractivity (Wildman–Crippen MR) is 75.3 cm³/mol. The predicted octanol–water partition coefficient (Wildman–Crippen LogP) is 3.39. The molecule has 1 aromatic rings. The molecule has 0 saturated carbocycles. The fourth-order valence-electron chi connectivity index (χ4n) is 2.26. The molecule has 0 spiro atoms. The summed E-state index contributed by atoms with van der Waals surface area (Å²) in [7, 11) is 1.53. The summed E-state index contributed by atoms with van der Waals surface area (Å²) in [5.41, 5.74) is 0.566. The van der Waals surface area contributed by atoms with E-state index in [0.29, 0.717) is 11.3 Å². The van der Waals surface area contributed by atoms with Gasteiger partial charge in [-0.05, 0) is 38.5 Å². The number of benzene rings is 1. The zero-order chi connectivity index (χ0) is 16.2. The number of methoxy groups -OCH3 is 1. The van der Waals surface area contributed by atoms with Crippen molar-refractivity contribution >= 4 is 0 Å². The normalized spacial score (nSPS) is 15.3. The van der Waals surface area contributed by atoms with Gasteiger partial charge in [0, 0.05) is 12.1 Å². The highest BCUT2D eigenvalue weighted by molar-refractivity contribution is 5.29. The van der Waals surface area contributed by atoms with Crippen LogP contribution in [-0.2, 0) is 0 Å². The average Bonchev–Trinajstić information content (AvgIpc) is 2.42. The number of ether oxygens (including phenoxy) is 1. The second kappa shape index (κ2) is 7.13. The lowest BCUT2D eigenvalue weighted by molar-refractivity contribution is -0.159. The van der Waals surface area contributed by atoms with Gasteiger partial charge in [0.15, 0.2) is 0 Å². The van der Waals surface area contributed by atoms with Crippen molar-refractivity contribution in [1.29, 1.82) is 0 Å². The van der Waals surface area contributed by atoms with Gasteiger partial charge in [0.25, 0.3) is 0 Å². The van der Waals surface area contributed by atoms with Gasteiger partial charge in [-0.25, -0.2) is 0 Å². The Hall–Kier alpha value is -1.27. The Bertz CT molecular complexity index is 432. The van der Waals surface area contributed by atoms with Crippen molar-refractivity contribution in [2.75, 3.05) is 13.7 Å². The summed E-state index contributed by atoms with van der Waals surface area (Å²) in [6, 6.07) is 5.69. The molecule has 120 valence electrons. The maximum absolute atomic E-state index is 12.7. The van der Waals surface area contributed by atoms with Gasteiger partial charge < -0.3 is 9.84 Å². The molecule has 3 nitrogen and oxygen atoms in total. The van der Waals surface area contributed by atoms with Crippen molar-refractivity contribution in [2.24, 2.45) is 0 Å². The Morgan fingerprint density at radius 2 is 1.67 bits per heavy atom. The lowest BCUT2D eigenvalue weighted by atomic mass is 10.0. The summed E-state index contributed by atoms with van der Waals surface area (Å²) in [5.74, 6) is 0.634. The van der Waals surface area contributed by atoms with Crippen molar-refractivity contribution in [1.82, 2.24) is 4.90 Å². The van der Waals surface area contributed by atoms with Crippen LogP contribution in [0.15, 0.2) is 24.3 Å². The fraction of sp³-hybridized carbons (Fsp3) is 0.600. The molecule has 0 aliphatic heterocycles. The van der Waals surface area contributed by atoms with Gasteiger partial charge in [-0.1, -0.05) is 12.1 Å². The van der Waals surface area contributed by atoms with E-state index in [1.807, 2.05) is 0 Å². The van der Waals surface area contributed by atoms with Crippen LogP contribution in [0.4, 0.5) is 13.2 Å². The van der Waals surface area contributed by atoms with E-state index in [4.69, 9.17) is 4.74 Å². The number of nitrogens with zero attached hydrogens (tertiary/aromatic N) is 1. The number of aliphatic hydroxyl groups is 1. The molecular weight excluding hydrogens is 283 g/mol. The average molecular weight is 305 g/mol. The quantitative estimate of drug-likeness (QED) is 0.874. The summed E-state index contributed by atoms with van der Waals surface area (Å²) in [5, 5.41) is 10.3. The molecule has 1 aromatic carbocycles. The Kier molecular flexibility index (Phi) is 6.04. The molecule has 0 bridgehead atoms. The van der Waals surface area contributed by atoms with Crippen LogP contribution in [0.5, 0.6) is 5.75 Å². The monoisotopic (exact) mass is 305 g/mol. The minimum Gasteiger partial charge on any atom is -0.497 e. The first-order valence-electron chi connectivity index (χ1n) is 6.80. The van der Waals surface area contributed by atoms with Crippen LogP contribution in [0, 0.1) is 0 Å². The molecule has 1 rings (SSSR count). The van der Waals surface area contributed by atoms with Crippen molar-refractivity contribution in [3.8, 4) is 5.75 Å². The highest BCUT2D eigenvalue weighted by atomic mass is 19.4. The van der Waals surface area contributed by atoms with E-state index in [2.05, 4.69) is 0 Å². The molecule has 21 heavy (non-hydrogen) atoms. The minimum absolute atomic E-state index is 0.325. The SMILES string of the molecule is COc1ccc(C(O)C(C)N(CC(F)(F)F)C(C)C)cc1. The van der Waals surface area contributed by atoms with Gasteiger partial charge in [0.05, 0.1) is 19.8 Å². The molecule has 0 amide bonds. The number of hydrogen-bond acceptors (Lipinski definition) is 3. The van der Waals surface area contributed by atoms with Gasteiger partial charge in [-0.3, -0.25) is 4.90 Å². The first-order valence-corrected chi connectivity index (χ1v) is 6.80. The Balaban J connectivity index is 2.88. The van der Waals surface area contributed by atoms with E-state index in [1.54, 1.807) is 45.0 Å². The van der Waals surface area contributed by atoms with Crippen LogP contribution >= 0.6 is 0 Å². The van der Waals surface area contributed by atoms with Gasteiger partial charge in [0.2, 0.25) is 0 Å². The third kappa shape index (κ3) is 5.21. The van der Waals surface area contributed by atoms with E-state index in [-0.39, 0.29) is 6.04 Å². The molecule has 0 aliphatic carbocycles. The topological polar surface area (TPSA) is 32.7 Å². The van der Waals surface area contributed by atoms with E-state index >= 15 is 0 Å². The standard InChI is InChI=1S/C15H22F3NO2/c1-10(2)19(9-15(16,17)18)11(3)14(20)12-5-7-13(21-4)8-6-12/h5-8,10-11,14,20H,9H2,1-4H3. The zero-order valence-corrected chi connectivity index (χ0v) is 12.7. The first kappa shape index (κ1) is 17.8. The van der Waals surface area contributed by atoms with Crippen LogP contribution in [0.25, 0.3) is 0 Å².